The van der Waals surface area contributed by atoms with Gasteiger partial charge in [0.05, 0.1) is 11.9 Å². The van der Waals surface area contributed by atoms with Crippen molar-refractivity contribution in [1.29, 1.82) is 0 Å². The molecule has 1 aromatic heterocycles. The van der Waals surface area contributed by atoms with Gasteiger partial charge in [-0.05, 0) is 28.5 Å². The maximum Gasteiger partial charge on any atom is 0.246 e. The summed E-state index contributed by atoms with van der Waals surface area (Å²) >= 11 is 0. The molecule has 0 aliphatic rings. The van der Waals surface area contributed by atoms with Crippen molar-refractivity contribution in [2.45, 2.75) is 6.92 Å². The molecule has 0 bridgehead atoms. The third kappa shape index (κ3) is 4.97. The van der Waals surface area contributed by atoms with E-state index >= 15 is 0 Å². The SMILES string of the molecule is CC(=O)Nc1nonc1NC(=O)CN(c1cccc(F)c1)S(C)(=O)=O. The molecule has 0 unspecified atom stereocenters. The van der Waals surface area contributed by atoms with Gasteiger partial charge >= 0.3 is 0 Å². The maximum atomic E-state index is 13.3. The lowest BCUT2D eigenvalue weighted by Gasteiger charge is -2.21. The van der Waals surface area contributed by atoms with Crippen molar-refractivity contribution >= 4 is 39.2 Å². The largest absolute Gasteiger partial charge is 0.305 e. The maximum absolute atomic E-state index is 13.3. The van der Waals surface area contributed by atoms with Gasteiger partial charge in [-0.25, -0.2) is 17.4 Å². The first-order chi connectivity index (χ1) is 11.7. The van der Waals surface area contributed by atoms with E-state index in [1.807, 2.05) is 0 Å². The molecule has 134 valence electrons. The quantitative estimate of drug-likeness (QED) is 0.758. The lowest BCUT2D eigenvalue weighted by atomic mass is 10.3. The summed E-state index contributed by atoms with van der Waals surface area (Å²) in [5.41, 5.74) is -0.0157. The molecule has 25 heavy (non-hydrogen) atoms. The van der Waals surface area contributed by atoms with E-state index < -0.39 is 34.2 Å². The third-order valence-electron chi connectivity index (χ3n) is 2.82. The van der Waals surface area contributed by atoms with Crippen molar-refractivity contribution in [3.63, 3.8) is 0 Å². The molecule has 0 aliphatic heterocycles. The Labute approximate surface area is 142 Å². The Kier molecular flexibility index (Phi) is 5.32. The second-order valence-electron chi connectivity index (χ2n) is 4.94. The number of carbonyl (C=O) groups excluding carboxylic acids is 2. The van der Waals surface area contributed by atoms with E-state index in [1.54, 1.807) is 0 Å². The number of halogens is 1. The van der Waals surface area contributed by atoms with Gasteiger partial charge in [-0.2, -0.15) is 0 Å². The van der Waals surface area contributed by atoms with Crippen LogP contribution in [0.15, 0.2) is 28.9 Å². The average molecular weight is 371 g/mol. The predicted molar refractivity (Wildman–Crippen MR) is 85.8 cm³/mol. The van der Waals surface area contributed by atoms with Crippen LogP contribution in [0.1, 0.15) is 6.92 Å². The van der Waals surface area contributed by atoms with E-state index in [2.05, 4.69) is 25.6 Å². The second-order valence-corrected chi connectivity index (χ2v) is 6.85. The van der Waals surface area contributed by atoms with Gasteiger partial charge in [0.2, 0.25) is 33.5 Å². The van der Waals surface area contributed by atoms with Crippen molar-refractivity contribution in [3.05, 3.63) is 30.1 Å². The number of aromatic nitrogens is 2. The summed E-state index contributed by atoms with van der Waals surface area (Å²) < 4.78 is 42.3. The Balaban J connectivity index is 2.18. The van der Waals surface area contributed by atoms with Gasteiger partial charge in [0, 0.05) is 6.92 Å². The van der Waals surface area contributed by atoms with Crippen LogP contribution in [0.2, 0.25) is 0 Å². The topological polar surface area (TPSA) is 134 Å². The smallest absolute Gasteiger partial charge is 0.246 e. The molecule has 0 saturated heterocycles. The predicted octanol–water partition coefficient (Wildman–Crippen LogP) is 0.572. The minimum Gasteiger partial charge on any atom is -0.305 e. The molecule has 0 radical (unpaired) electrons. The second kappa shape index (κ2) is 7.25. The molecule has 2 rings (SSSR count). The molecule has 0 spiro atoms. The fourth-order valence-electron chi connectivity index (χ4n) is 1.85. The molecule has 2 aromatic rings. The zero-order valence-corrected chi connectivity index (χ0v) is 14.0. The molecule has 2 amide bonds. The number of anilines is 3. The van der Waals surface area contributed by atoms with Crippen molar-refractivity contribution in [1.82, 2.24) is 10.3 Å². The number of nitrogens with zero attached hydrogens (tertiary/aromatic N) is 3. The van der Waals surface area contributed by atoms with Gasteiger partial charge < -0.3 is 10.6 Å². The van der Waals surface area contributed by atoms with Crippen LogP contribution >= 0.6 is 0 Å². The summed E-state index contributed by atoms with van der Waals surface area (Å²) in [4.78, 5) is 23.1. The minimum absolute atomic E-state index is 0.0157. The van der Waals surface area contributed by atoms with Gasteiger partial charge in [-0.15, -0.1) is 0 Å². The Hall–Kier alpha value is -3.02. The average Bonchev–Trinajstić information content (AvgIpc) is 2.90. The Morgan fingerprint density at radius 1 is 1.24 bits per heavy atom. The van der Waals surface area contributed by atoms with Gasteiger partial charge in [-0.3, -0.25) is 13.9 Å². The number of hydrogen-bond acceptors (Lipinski definition) is 7. The molecule has 2 N–H and O–H groups in total. The van der Waals surface area contributed by atoms with E-state index in [0.717, 1.165) is 22.7 Å². The highest BCUT2D eigenvalue weighted by atomic mass is 32.2. The van der Waals surface area contributed by atoms with Crippen LogP contribution in [0.5, 0.6) is 0 Å². The molecule has 0 atom stereocenters. The van der Waals surface area contributed by atoms with E-state index in [-0.39, 0.29) is 17.3 Å². The highest BCUT2D eigenvalue weighted by molar-refractivity contribution is 7.92. The molecular weight excluding hydrogens is 357 g/mol. The van der Waals surface area contributed by atoms with Gasteiger partial charge in [0.15, 0.2) is 0 Å². The lowest BCUT2D eigenvalue weighted by molar-refractivity contribution is -0.115. The molecule has 12 heteroatoms. The van der Waals surface area contributed by atoms with E-state index in [9.17, 15) is 22.4 Å². The molecule has 0 saturated carbocycles. The van der Waals surface area contributed by atoms with E-state index in [4.69, 9.17) is 0 Å². The highest BCUT2D eigenvalue weighted by Crippen LogP contribution is 2.20. The Morgan fingerprint density at radius 3 is 2.44 bits per heavy atom. The molecule has 10 nitrogen and oxygen atoms in total. The van der Waals surface area contributed by atoms with Crippen molar-refractivity contribution < 1.29 is 27.0 Å². The molecule has 0 fully saturated rings. The van der Waals surface area contributed by atoms with Crippen LogP contribution in [0, 0.1) is 5.82 Å². The number of rotatable bonds is 6. The summed E-state index contributed by atoms with van der Waals surface area (Å²) in [7, 11) is -3.86. The molecular formula is C13H14FN5O5S. The Bertz CT molecular complexity index is 898. The lowest BCUT2D eigenvalue weighted by Crippen LogP contribution is -2.37. The van der Waals surface area contributed by atoms with Gasteiger partial charge in [0.1, 0.15) is 12.4 Å². The van der Waals surface area contributed by atoms with Crippen LogP contribution < -0.4 is 14.9 Å². The summed E-state index contributed by atoms with van der Waals surface area (Å²) in [6.45, 7) is 0.574. The number of carbonyl (C=O) groups is 2. The fraction of sp³-hybridized carbons (Fsp3) is 0.231. The van der Waals surface area contributed by atoms with Crippen LogP contribution in [-0.2, 0) is 19.6 Å². The highest BCUT2D eigenvalue weighted by Gasteiger charge is 2.23. The standard InChI is InChI=1S/C13H14FN5O5S/c1-8(20)15-12-13(18-24-17-12)16-11(21)7-19(25(2,22)23)10-5-3-4-9(14)6-10/h3-6H,7H2,1-2H3,(H,15,17,20)(H,16,18,21). The molecule has 1 aromatic carbocycles. The minimum atomic E-state index is -3.86. The zero-order valence-electron chi connectivity index (χ0n) is 13.2. The fourth-order valence-corrected chi connectivity index (χ4v) is 2.70. The van der Waals surface area contributed by atoms with Crippen molar-refractivity contribution in [2.24, 2.45) is 0 Å². The first kappa shape index (κ1) is 18.3. The number of nitrogens with one attached hydrogen (secondary N) is 2. The van der Waals surface area contributed by atoms with Gasteiger partial charge in [0.25, 0.3) is 0 Å². The Morgan fingerprint density at radius 2 is 1.88 bits per heavy atom. The summed E-state index contributed by atoms with van der Waals surface area (Å²) in [5, 5.41) is 11.3. The van der Waals surface area contributed by atoms with E-state index in [0.29, 0.717) is 0 Å². The summed E-state index contributed by atoms with van der Waals surface area (Å²) in [5.74, 6) is -2.23. The number of sulfonamides is 1. The van der Waals surface area contributed by atoms with Crippen LogP contribution in [0.25, 0.3) is 0 Å². The summed E-state index contributed by atoms with van der Waals surface area (Å²) in [6, 6.07) is 4.79. The molecule has 1 heterocycles. The monoisotopic (exact) mass is 371 g/mol. The van der Waals surface area contributed by atoms with E-state index in [1.165, 1.54) is 19.1 Å². The zero-order chi connectivity index (χ0) is 18.6. The molecule has 0 aliphatic carbocycles. The summed E-state index contributed by atoms with van der Waals surface area (Å²) in [6.07, 6.45) is 0.881. The van der Waals surface area contributed by atoms with Crippen LogP contribution in [0.3, 0.4) is 0 Å². The van der Waals surface area contributed by atoms with Crippen LogP contribution in [-0.4, -0.2) is 43.3 Å². The first-order valence-corrected chi connectivity index (χ1v) is 8.65. The number of hydrogen-bond donors (Lipinski definition) is 2. The van der Waals surface area contributed by atoms with Crippen molar-refractivity contribution in [3.8, 4) is 0 Å². The first-order valence-electron chi connectivity index (χ1n) is 6.80. The third-order valence-corrected chi connectivity index (χ3v) is 3.97. The van der Waals surface area contributed by atoms with Crippen LogP contribution in [0.4, 0.5) is 21.7 Å². The number of amides is 2. The van der Waals surface area contributed by atoms with Gasteiger partial charge in [-0.1, -0.05) is 6.07 Å². The van der Waals surface area contributed by atoms with Crippen molar-refractivity contribution in [2.75, 3.05) is 27.7 Å². The normalized spacial score (nSPS) is 11.0. The number of benzene rings is 1.